The van der Waals surface area contributed by atoms with E-state index in [-0.39, 0.29) is 5.92 Å². The van der Waals surface area contributed by atoms with Crippen LogP contribution in [0.2, 0.25) is 0 Å². The van der Waals surface area contributed by atoms with Gasteiger partial charge in [-0.3, -0.25) is 4.79 Å². The minimum absolute atomic E-state index is 0.210. The molecule has 0 bridgehead atoms. The number of hydrogen-bond donors (Lipinski definition) is 0. The first-order valence-electron chi connectivity index (χ1n) is 5.46. The van der Waals surface area contributed by atoms with Crippen LogP contribution in [0.4, 0.5) is 0 Å². The van der Waals surface area contributed by atoms with Crippen molar-refractivity contribution in [1.82, 2.24) is 0 Å². The van der Waals surface area contributed by atoms with Gasteiger partial charge in [-0.2, -0.15) is 0 Å². The molecular weight excluding hydrogens is 160 g/mol. The molecule has 0 fully saturated rings. The zero-order valence-electron chi connectivity index (χ0n) is 9.76. The summed E-state index contributed by atoms with van der Waals surface area (Å²) >= 11 is 0. The topological polar surface area (TPSA) is 17.1 Å². The average Bonchev–Trinajstić information content (AvgIpc) is 2.00. The van der Waals surface area contributed by atoms with Crippen molar-refractivity contribution in [2.24, 2.45) is 17.8 Å². The Morgan fingerprint density at radius 2 is 1.54 bits per heavy atom. The lowest BCUT2D eigenvalue weighted by Crippen LogP contribution is -2.12. The van der Waals surface area contributed by atoms with Gasteiger partial charge in [-0.05, 0) is 11.8 Å². The van der Waals surface area contributed by atoms with Crippen molar-refractivity contribution in [1.29, 1.82) is 0 Å². The van der Waals surface area contributed by atoms with Gasteiger partial charge in [-0.15, -0.1) is 0 Å². The van der Waals surface area contributed by atoms with Gasteiger partial charge in [-0.25, -0.2) is 0 Å². The molecule has 0 radical (unpaired) electrons. The molecule has 0 aliphatic heterocycles. The number of hydrogen-bond acceptors (Lipinski definition) is 1. The molecular formula is C12H24O. The number of Topliss-reactive ketones (excluding diaryl/α,β-unsaturated/α-hetero) is 1. The molecule has 0 saturated heterocycles. The highest BCUT2D eigenvalue weighted by Crippen LogP contribution is 2.16. The highest BCUT2D eigenvalue weighted by molar-refractivity contribution is 5.80. The van der Waals surface area contributed by atoms with Crippen molar-refractivity contribution in [2.75, 3.05) is 0 Å². The maximum atomic E-state index is 11.4. The summed E-state index contributed by atoms with van der Waals surface area (Å²) in [6, 6.07) is 0. The highest BCUT2D eigenvalue weighted by Gasteiger charge is 2.12. The van der Waals surface area contributed by atoms with E-state index in [1.54, 1.807) is 0 Å². The molecule has 0 aromatic carbocycles. The third kappa shape index (κ3) is 6.80. The van der Waals surface area contributed by atoms with Gasteiger partial charge in [0.15, 0.2) is 0 Å². The fraction of sp³-hybridized carbons (Fsp3) is 0.917. The van der Waals surface area contributed by atoms with E-state index in [1.165, 1.54) is 12.8 Å². The Hall–Kier alpha value is -0.330. The van der Waals surface area contributed by atoms with Gasteiger partial charge >= 0.3 is 0 Å². The normalized spacial score (nSPS) is 13.8. The van der Waals surface area contributed by atoms with E-state index in [1.807, 2.05) is 13.8 Å². The Balaban J connectivity index is 3.62. The molecule has 0 amide bonds. The number of carbonyl (C=O) groups excluding carboxylic acids is 1. The monoisotopic (exact) mass is 184 g/mol. The molecule has 78 valence electrons. The summed E-state index contributed by atoms with van der Waals surface area (Å²) in [5.74, 6) is 1.95. The van der Waals surface area contributed by atoms with E-state index in [0.717, 1.165) is 12.3 Å². The van der Waals surface area contributed by atoms with Crippen molar-refractivity contribution in [3.63, 3.8) is 0 Å². The summed E-state index contributed by atoms with van der Waals surface area (Å²) < 4.78 is 0. The van der Waals surface area contributed by atoms with Crippen molar-refractivity contribution < 1.29 is 4.79 Å². The van der Waals surface area contributed by atoms with Crippen LogP contribution in [0.5, 0.6) is 0 Å². The standard InChI is InChI=1S/C12H24O/c1-9(2)6-7-11(5)8-12(13)10(3)4/h9-11H,6-8H2,1-5H3/t11-/m1/s1. The summed E-state index contributed by atoms with van der Waals surface area (Å²) in [6.45, 7) is 10.6. The SMILES string of the molecule is CC(C)CC[C@@H](C)CC(=O)C(C)C. The summed E-state index contributed by atoms with van der Waals surface area (Å²) in [7, 11) is 0. The van der Waals surface area contributed by atoms with E-state index in [2.05, 4.69) is 20.8 Å². The Labute approximate surface area is 82.9 Å². The van der Waals surface area contributed by atoms with Crippen LogP contribution in [0.1, 0.15) is 53.9 Å². The molecule has 0 heterocycles. The minimum Gasteiger partial charge on any atom is -0.299 e. The van der Waals surface area contributed by atoms with E-state index in [4.69, 9.17) is 0 Å². The van der Waals surface area contributed by atoms with Crippen LogP contribution in [0.3, 0.4) is 0 Å². The lowest BCUT2D eigenvalue weighted by atomic mass is 9.92. The second-order valence-corrected chi connectivity index (χ2v) is 4.90. The predicted octanol–water partition coefficient (Wildman–Crippen LogP) is 3.67. The van der Waals surface area contributed by atoms with Gasteiger partial charge in [0, 0.05) is 12.3 Å². The highest BCUT2D eigenvalue weighted by atomic mass is 16.1. The van der Waals surface area contributed by atoms with Crippen molar-refractivity contribution in [3.05, 3.63) is 0 Å². The smallest absolute Gasteiger partial charge is 0.135 e. The molecule has 0 aromatic rings. The van der Waals surface area contributed by atoms with Gasteiger partial charge < -0.3 is 0 Å². The summed E-state index contributed by atoms with van der Waals surface area (Å²) in [5, 5.41) is 0. The van der Waals surface area contributed by atoms with Crippen LogP contribution in [0.25, 0.3) is 0 Å². The molecule has 0 N–H and O–H groups in total. The molecule has 1 atom stereocenters. The Kier molecular flexibility index (Phi) is 6.02. The van der Waals surface area contributed by atoms with Crippen LogP contribution in [-0.4, -0.2) is 5.78 Å². The van der Waals surface area contributed by atoms with Crippen LogP contribution in [0.15, 0.2) is 0 Å². The molecule has 1 nitrogen and oxygen atoms in total. The van der Waals surface area contributed by atoms with Gasteiger partial charge in [0.25, 0.3) is 0 Å². The molecule has 13 heavy (non-hydrogen) atoms. The third-order valence-electron chi connectivity index (χ3n) is 2.43. The quantitative estimate of drug-likeness (QED) is 0.615. The molecule has 0 spiro atoms. The summed E-state index contributed by atoms with van der Waals surface area (Å²) in [6.07, 6.45) is 3.20. The predicted molar refractivity (Wildman–Crippen MR) is 57.7 cm³/mol. The lowest BCUT2D eigenvalue weighted by molar-refractivity contribution is -0.122. The lowest BCUT2D eigenvalue weighted by Gasteiger charge is -2.13. The van der Waals surface area contributed by atoms with Gasteiger partial charge in [-0.1, -0.05) is 47.5 Å². The molecule has 0 aromatic heterocycles. The van der Waals surface area contributed by atoms with Gasteiger partial charge in [0.05, 0.1) is 0 Å². The van der Waals surface area contributed by atoms with E-state index in [0.29, 0.717) is 11.7 Å². The van der Waals surface area contributed by atoms with Crippen molar-refractivity contribution >= 4 is 5.78 Å². The second-order valence-electron chi connectivity index (χ2n) is 4.90. The second kappa shape index (κ2) is 6.17. The Bertz CT molecular complexity index is 147. The zero-order valence-corrected chi connectivity index (χ0v) is 9.76. The van der Waals surface area contributed by atoms with E-state index in [9.17, 15) is 4.79 Å². The first kappa shape index (κ1) is 12.7. The number of ketones is 1. The first-order valence-corrected chi connectivity index (χ1v) is 5.46. The van der Waals surface area contributed by atoms with Crippen LogP contribution < -0.4 is 0 Å². The summed E-state index contributed by atoms with van der Waals surface area (Å²) in [5.41, 5.74) is 0. The van der Waals surface area contributed by atoms with E-state index < -0.39 is 0 Å². The number of carbonyl (C=O) groups is 1. The van der Waals surface area contributed by atoms with Crippen LogP contribution in [0, 0.1) is 17.8 Å². The first-order chi connectivity index (χ1) is 5.93. The third-order valence-corrected chi connectivity index (χ3v) is 2.43. The molecule has 0 saturated carbocycles. The van der Waals surface area contributed by atoms with Gasteiger partial charge in [0.2, 0.25) is 0 Å². The van der Waals surface area contributed by atoms with Crippen molar-refractivity contribution in [3.8, 4) is 0 Å². The Morgan fingerprint density at radius 3 is 1.92 bits per heavy atom. The zero-order chi connectivity index (χ0) is 10.4. The fourth-order valence-corrected chi connectivity index (χ4v) is 1.30. The number of rotatable bonds is 6. The molecule has 0 aliphatic rings. The maximum absolute atomic E-state index is 11.4. The summed E-state index contributed by atoms with van der Waals surface area (Å²) in [4.78, 5) is 11.4. The average molecular weight is 184 g/mol. The minimum atomic E-state index is 0.210. The molecule has 0 aliphatic carbocycles. The van der Waals surface area contributed by atoms with Crippen LogP contribution in [-0.2, 0) is 4.79 Å². The fourth-order valence-electron chi connectivity index (χ4n) is 1.30. The molecule has 0 unspecified atom stereocenters. The van der Waals surface area contributed by atoms with Crippen LogP contribution >= 0.6 is 0 Å². The van der Waals surface area contributed by atoms with Gasteiger partial charge in [0.1, 0.15) is 5.78 Å². The van der Waals surface area contributed by atoms with Crippen molar-refractivity contribution in [2.45, 2.75) is 53.9 Å². The van der Waals surface area contributed by atoms with E-state index >= 15 is 0 Å². The Morgan fingerprint density at radius 1 is 1.00 bits per heavy atom. The molecule has 1 heteroatoms. The maximum Gasteiger partial charge on any atom is 0.135 e. The molecule has 0 rings (SSSR count). The largest absolute Gasteiger partial charge is 0.299 e.